The molecule has 0 bridgehead atoms. The average molecular weight is 392 g/mol. The van der Waals surface area contributed by atoms with Gasteiger partial charge in [0.25, 0.3) is 0 Å². The lowest BCUT2D eigenvalue weighted by molar-refractivity contribution is -0.118. The molecule has 1 amide bonds. The van der Waals surface area contributed by atoms with Gasteiger partial charge in [0.1, 0.15) is 18.1 Å². The monoisotopic (exact) mass is 392 g/mol. The number of sulfone groups is 1. The Morgan fingerprint density at radius 2 is 1.67 bits per heavy atom. The van der Waals surface area contributed by atoms with Crippen molar-refractivity contribution in [2.45, 2.75) is 11.8 Å². The van der Waals surface area contributed by atoms with Crippen LogP contribution in [0.25, 0.3) is 0 Å². The Morgan fingerprint density at radius 3 is 2.22 bits per heavy atom. The Labute approximate surface area is 159 Å². The molecule has 0 fully saturated rings. The molecule has 0 saturated carbocycles. The van der Waals surface area contributed by atoms with Gasteiger partial charge in [0.05, 0.1) is 17.8 Å². The summed E-state index contributed by atoms with van der Waals surface area (Å²) < 4.78 is 35.4. The second kappa shape index (κ2) is 9.38. The predicted octanol–water partition coefficient (Wildman–Crippen LogP) is 2.08. The third kappa shape index (κ3) is 5.97. The largest absolute Gasteiger partial charge is 0.497 e. The van der Waals surface area contributed by atoms with E-state index in [-0.39, 0.29) is 16.6 Å². The summed E-state index contributed by atoms with van der Waals surface area (Å²) in [6.07, 6.45) is 0. The standard InChI is InChI=1S/C19H24N2O5S/c1-14(13-27(23,24)18-9-7-16(25-2)8-10-18)19(22)21-15-3-5-17(6-4-15)26-12-11-20/h3-10,14H,11-13,20H2,1-2H3,(H,21,22). The van der Waals surface area contributed by atoms with E-state index < -0.39 is 15.8 Å². The summed E-state index contributed by atoms with van der Waals surface area (Å²) in [4.78, 5) is 12.5. The number of hydrogen-bond donors (Lipinski definition) is 2. The van der Waals surface area contributed by atoms with Gasteiger partial charge in [-0.25, -0.2) is 8.42 Å². The van der Waals surface area contributed by atoms with Crippen LogP contribution in [-0.2, 0) is 14.6 Å². The Balaban J connectivity index is 1.97. The molecule has 7 nitrogen and oxygen atoms in total. The minimum atomic E-state index is -3.59. The van der Waals surface area contributed by atoms with E-state index in [2.05, 4.69) is 5.32 Å². The fourth-order valence-corrected chi connectivity index (χ4v) is 3.91. The molecule has 1 unspecified atom stereocenters. The van der Waals surface area contributed by atoms with Crippen molar-refractivity contribution in [2.24, 2.45) is 11.7 Å². The number of hydrogen-bond acceptors (Lipinski definition) is 6. The fraction of sp³-hybridized carbons (Fsp3) is 0.316. The molecule has 0 heterocycles. The van der Waals surface area contributed by atoms with Crippen molar-refractivity contribution in [3.05, 3.63) is 48.5 Å². The molecule has 1 atom stereocenters. The van der Waals surface area contributed by atoms with E-state index in [4.69, 9.17) is 15.2 Å². The topological polar surface area (TPSA) is 108 Å². The highest BCUT2D eigenvalue weighted by Gasteiger charge is 2.23. The van der Waals surface area contributed by atoms with Gasteiger partial charge in [-0.3, -0.25) is 4.79 Å². The average Bonchev–Trinajstić information content (AvgIpc) is 2.67. The molecule has 2 aromatic carbocycles. The SMILES string of the molecule is COc1ccc(S(=O)(=O)CC(C)C(=O)Nc2ccc(OCCN)cc2)cc1. The van der Waals surface area contributed by atoms with Crippen LogP contribution >= 0.6 is 0 Å². The first-order valence-corrected chi connectivity index (χ1v) is 10.1. The van der Waals surface area contributed by atoms with Crippen molar-refractivity contribution in [1.29, 1.82) is 0 Å². The Bertz CT molecular complexity index is 849. The minimum absolute atomic E-state index is 0.157. The smallest absolute Gasteiger partial charge is 0.228 e. The highest BCUT2D eigenvalue weighted by Crippen LogP contribution is 2.20. The molecule has 0 spiro atoms. The van der Waals surface area contributed by atoms with Crippen LogP contribution in [0.15, 0.2) is 53.4 Å². The van der Waals surface area contributed by atoms with E-state index in [1.165, 1.54) is 19.2 Å². The van der Waals surface area contributed by atoms with Gasteiger partial charge in [-0.05, 0) is 48.5 Å². The molecule has 0 aliphatic heterocycles. The summed E-state index contributed by atoms with van der Waals surface area (Å²) in [6, 6.07) is 12.9. The molecule has 3 N–H and O–H groups in total. The van der Waals surface area contributed by atoms with Gasteiger partial charge < -0.3 is 20.5 Å². The molecule has 2 aromatic rings. The fourth-order valence-electron chi connectivity index (χ4n) is 2.36. The van der Waals surface area contributed by atoms with Crippen molar-refractivity contribution < 1.29 is 22.7 Å². The number of rotatable bonds is 9. The van der Waals surface area contributed by atoms with Gasteiger partial charge in [-0.1, -0.05) is 6.92 Å². The van der Waals surface area contributed by atoms with Crippen LogP contribution in [0, 0.1) is 5.92 Å². The summed E-state index contributed by atoms with van der Waals surface area (Å²) in [5.74, 6) is -0.164. The molecule has 0 aliphatic rings. The van der Waals surface area contributed by atoms with Crippen molar-refractivity contribution in [3.8, 4) is 11.5 Å². The van der Waals surface area contributed by atoms with Gasteiger partial charge in [0.15, 0.2) is 9.84 Å². The van der Waals surface area contributed by atoms with E-state index in [0.29, 0.717) is 30.3 Å². The summed E-state index contributed by atoms with van der Waals surface area (Å²) in [5, 5.41) is 2.71. The highest BCUT2D eigenvalue weighted by molar-refractivity contribution is 7.91. The van der Waals surface area contributed by atoms with Crippen molar-refractivity contribution in [3.63, 3.8) is 0 Å². The molecule has 0 aromatic heterocycles. The number of nitrogens with one attached hydrogen (secondary N) is 1. The van der Waals surface area contributed by atoms with E-state index in [1.807, 2.05) is 0 Å². The maximum Gasteiger partial charge on any atom is 0.228 e. The molecular weight excluding hydrogens is 368 g/mol. The molecule has 0 aliphatic carbocycles. The molecule has 146 valence electrons. The van der Waals surface area contributed by atoms with E-state index in [0.717, 1.165) is 0 Å². The molecule has 0 saturated heterocycles. The van der Waals surface area contributed by atoms with Crippen LogP contribution in [0.4, 0.5) is 5.69 Å². The van der Waals surface area contributed by atoms with E-state index in [9.17, 15) is 13.2 Å². The normalized spacial score (nSPS) is 12.3. The van der Waals surface area contributed by atoms with Crippen molar-refractivity contribution in [1.82, 2.24) is 0 Å². The number of amides is 1. The van der Waals surface area contributed by atoms with Crippen LogP contribution < -0.4 is 20.5 Å². The van der Waals surface area contributed by atoms with Gasteiger partial charge in [0, 0.05) is 18.2 Å². The number of methoxy groups -OCH3 is 1. The summed E-state index contributed by atoms with van der Waals surface area (Å²) in [7, 11) is -2.08. The maximum atomic E-state index is 12.5. The first-order valence-electron chi connectivity index (χ1n) is 8.46. The van der Waals surface area contributed by atoms with Crippen LogP contribution in [0.1, 0.15) is 6.92 Å². The molecule has 0 radical (unpaired) electrons. The lowest BCUT2D eigenvalue weighted by atomic mass is 10.2. The van der Waals surface area contributed by atoms with E-state index in [1.54, 1.807) is 43.3 Å². The second-order valence-corrected chi connectivity index (χ2v) is 8.04. The summed E-state index contributed by atoms with van der Waals surface area (Å²) in [6.45, 7) is 2.40. The zero-order valence-corrected chi connectivity index (χ0v) is 16.2. The van der Waals surface area contributed by atoms with Crippen LogP contribution in [0.2, 0.25) is 0 Å². The van der Waals surface area contributed by atoms with Crippen molar-refractivity contribution >= 4 is 21.4 Å². The molecule has 8 heteroatoms. The first kappa shape index (κ1) is 20.7. The van der Waals surface area contributed by atoms with Gasteiger partial charge >= 0.3 is 0 Å². The van der Waals surface area contributed by atoms with Crippen LogP contribution in [0.3, 0.4) is 0 Å². The molecular formula is C19H24N2O5S. The second-order valence-electron chi connectivity index (χ2n) is 6.01. The van der Waals surface area contributed by atoms with Crippen LogP contribution in [-0.4, -0.2) is 40.3 Å². The minimum Gasteiger partial charge on any atom is -0.497 e. The number of nitrogens with two attached hydrogens (primary N) is 1. The Morgan fingerprint density at radius 1 is 1.07 bits per heavy atom. The number of carbonyl (C=O) groups is 1. The third-order valence-corrected chi connectivity index (χ3v) is 5.77. The highest BCUT2D eigenvalue weighted by atomic mass is 32.2. The zero-order valence-electron chi connectivity index (χ0n) is 15.3. The number of benzene rings is 2. The van der Waals surface area contributed by atoms with Crippen molar-refractivity contribution in [2.75, 3.05) is 31.3 Å². The van der Waals surface area contributed by atoms with Gasteiger partial charge in [-0.15, -0.1) is 0 Å². The quantitative estimate of drug-likeness (QED) is 0.676. The zero-order chi connectivity index (χ0) is 19.9. The number of ether oxygens (including phenoxy) is 2. The lowest BCUT2D eigenvalue weighted by Gasteiger charge is -2.13. The first-order chi connectivity index (χ1) is 12.9. The van der Waals surface area contributed by atoms with Gasteiger partial charge in [-0.2, -0.15) is 0 Å². The number of carbonyl (C=O) groups excluding carboxylic acids is 1. The third-order valence-electron chi connectivity index (χ3n) is 3.84. The summed E-state index contributed by atoms with van der Waals surface area (Å²) >= 11 is 0. The molecule has 2 rings (SSSR count). The van der Waals surface area contributed by atoms with E-state index >= 15 is 0 Å². The Hall–Kier alpha value is -2.58. The maximum absolute atomic E-state index is 12.5. The van der Waals surface area contributed by atoms with Crippen LogP contribution in [0.5, 0.6) is 11.5 Å². The predicted molar refractivity (Wildman–Crippen MR) is 104 cm³/mol. The molecule has 27 heavy (non-hydrogen) atoms. The lowest BCUT2D eigenvalue weighted by Crippen LogP contribution is -2.27. The van der Waals surface area contributed by atoms with Gasteiger partial charge in [0.2, 0.25) is 5.91 Å². The Kier molecular flexibility index (Phi) is 7.20. The summed E-state index contributed by atoms with van der Waals surface area (Å²) in [5.41, 5.74) is 5.94. The number of anilines is 1.